The number of hydrogen-bond donors (Lipinski definition) is 0. The molecule has 136 valence electrons. The van der Waals surface area contributed by atoms with Crippen molar-refractivity contribution in [2.45, 2.75) is 19.3 Å². The molecule has 28 heavy (non-hydrogen) atoms. The summed E-state index contributed by atoms with van der Waals surface area (Å²) in [4.78, 5) is 0. The Balaban J connectivity index is 1.44. The summed E-state index contributed by atoms with van der Waals surface area (Å²) in [7, 11) is 0. The lowest BCUT2D eigenvalue weighted by atomic mass is 9.76. The monoisotopic (exact) mass is 380 g/mol. The number of rotatable bonds is 1. The molecule has 6 rings (SSSR count). The second-order valence-corrected chi connectivity index (χ2v) is 8.68. The highest BCUT2D eigenvalue weighted by molar-refractivity contribution is 6.31. The van der Waals surface area contributed by atoms with Crippen LogP contribution in [0.15, 0.2) is 84.0 Å². The Morgan fingerprint density at radius 1 is 0.857 bits per heavy atom. The molecule has 2 atom stereocenters. The summed E-state index contributed by atoms with van der Waals surface area (Å²) in [6.07, 6.45) is 17.7. The van der Waals surface area contributed by atoms with Crippen molar-refractivity contribution in [1.82, 2.24) is 0 Å². The van der Waals surface area contributed by atoms with Gasteiger partial charge in [-0.1, -0.05) is 78.4 Å². The largest absolute Gasteiger partial charge is 0.0843 e. The first-order chi connectivity index (χ1) is 13.8. The molecule has 3 aromatic carbocycles. The first-order valence-electron chi connectivity index (χ1n) is 10.2. The molecule has 0 saturated carbocycles. The molecule has 0 amide bonds. The Kier molecular flexibility index (Phi) is 3.64. The van der Waals surface area contributed by atoms with E-state index in [-0.39, 0.29) is 0 Å². The van der Waals surface area contributed by atoms with Crippen LogP contribution in [-0.2, 0) is 6.42 Å². The molecule has 0 heterocycles. The summed E-state index contributed by atoms with van der Waals surface area (Å²) in [5.41, 5.74) is 5.83. The zero-order chi connectivity index (χ0) is 18.7. The molecule has 0 aromatic heterocycles. The lowest BCUT2D eigenvalue weighted by Gasteiger charge is -2.29. The summed E-state index contributed by atoms with van der Waals surface area (Å²) >= 11 is 6.30. The van der Waals surface area contributed by atoms with Crippen molar-refractivity contribution in [2.75, 3.05) is 0 Å². The molecule has 1 heteroatoms. The minimum Gasteiger partial charge on any atom is -0.0843 e. The Morgan fingerprint density at radius 3 is 2.71 bits per heavy atom. The summed E-state index contributed by atoms with van der Waals surface area (Å²) in [5.74, 6) is 1.16. The third kappa shape index (κ3) is 2.52. The van der Waals surface area contributed by atoms with E-state index in [9.17, 15) is 0 Å². The zero-order valence-electron chi connectivity index (χ0n) is 15.7. The highest BCUT2D eigenvalue weighted by Gasteiger charge is 2.26. The maximum absolute atomic E-state index is 6.30. The summed E-state index contributed by atoms with van der Waals surface area (Å²) in [5, 5.41) is 6.00. The predicted molar refractivity (Wildman–Crippen MR) is 121 cm³/mol. The highest BCUT2D eigenvalue weighted by Crippen LogP contribution is 2.40. The number of benzene rings is 3. The summed E-state index contributed by atoms with van der Waals surface area (Å²) < 4.78 is 0. The van der Waals surface area contributed by atoms with Gasteiger partial charge in [0.15, 0.2) is 0 Å². The number of allylic oxidation sites excluding steroid dienone is 7. The van der Waals surface area contributed by atoms with Gasteiger partial charge in [-0.2, -0.15) is 0 Å². The van der Waals surface area contributed by atoms with Crippen molar-refractivity contribution in [3.63, 3.8) is 0 Å². The third-order valence-electron chi connectivity index (χ3n) is 6.68. The zero-order valence-corrected chi connectivity index (χ0v) is 16.4. The van der Waals surface area contributed by atoms with Crippen molar-refractivity contribution < 1.29 is 0 Å². The maximum Gasteiger partial charge on any atom is 0.0412 e. The maximum atomic E-state index is 6.30. The van der Waals surface area contributed by atoms with Gasteiger partial charge in [0.1, 0.15) is 0 Å². The van der Waals surface area contributed by atoms with E-state index in [0.29, 0.717) is 11.8 Å². The SMILES string of the molecule is Clc1ccc2ccc3c4c(ccc3c2c1)C=CC(C1C=C2C=CCC2=CC1)C4. The van der Waals surface area contributed by atoms with Gasteiger partial charge >= 0.3 is 0 Å². The molecule has 3 aliphatic carbocycles. The molecule has 3 aliphatic rings. The van der Waals surface area contributed by atoms with E-state index in [1.165, 1.54) is 43.8 Å². The van der Waals surface area contributed by atoms with Crippen LogP contribution < -0.4 is 0 Å². The van der Waals surface area contributed by atoms with E-state index in [1.807, 2.05) is 6.07 Å². The quantitative estimate of drug-likeness (QED) is 0.380. The molecule has 0 saturated heterocycles. The molecular weight excluding hydrogens is 360 g/mol. The smallest absolute Gasteiger partial charge is 0.0412 e. The van der Waals surface area contributed by atoms with Crippen LogP contribution in [0, 0.1) is 11.8 Å². The first-order valence-corrected chi connectivity index (χ1v) is 10.5. The van der Waals surface area contributed by atoms with E-state index in [2.05, 4.69) is 72.9 Å². The van der Waals surface area contributed by atoms with Crippen LogP contribution in [0.2, 0.25) is 5.02 Å². The number of hydrogen-bond acceptors (Lipinski definition) is 0. The molecule has 3 aromatic rings. The lowest BCUT2D eigenvalue weighted by molar-refractivity contribution is 0.469. The molecule has 0 spiro atoms. The average Bonchev–Trinajstić information content (AvgIpc) is 3.20. The van der Waals surface area contributed by atoms with E-state index >= 15 is 0 Å². The Bertz CT molecular complexity index is 1250. The fraction of sp³-hybridized carbons (Fsp3) is 0.185. The molecule has 2 unspecified atom stereocenters. The van der Waals surface area contributed by atoms with E-state index in [1.54, 1.807) is 0 Å². The van der Waals surface area contributed by atoms with E-state index < -0.39 is 0 Å². The van der Waals surface area contributed by atoms with Crippen LogP contribution in [-0.4, -0.2) is 0 Å². The Hall–Kier alpha value is -2.57. The van der Waals surface area contributed by atoms with Gasteiger partial charge in [0.25, 0.3) is 0 Å². The summed E-state index contributed by atoms with van der Waals surface area (Å²) in [6, 6.07) is 15.3. The second-order valence-electron chi connectivity index (χ2n) is 8.24. The molecule has 0 nitrogen and oxygen atoms in total. The molecule has 0 aliphatic heterocycles. The first kappa shape index (κ1) is 16.4. The molecule has 0 N–H and O–H groups in total. The fourth-order valence-electron chi connectivity index (χ4n) is 5.17. The van der Waals surface area contributed by atoms with Crippen LogP contribution in [0.5, 0.6) is 0 Å². The minimum absolute atomic E-state index is 0.562. The van der Waals surface area contributed by atoms with Crippen LogP contribution in [0.1, 0.15) is 24.0 Å². The van der Waals surface area contributed by atoms with Gasteiger partial charge in [0.2, 0.25) is 0 Å². The lowest BCUT2D eigenvalue weighted by Crippen LogP contribution is -2.18. The fourth-order valence-corrected chi connectivity index (χ4v) is 5.35. The average molecular weight is 381 g/mol. The molecule has 0 radical (unpaired) electrons. The van der Waals surface area contributed by atoms with Crippen molar-refractivity contribution in [1.29, 1.82) is 0 Å². The van der Waals surface area contributed by atoms with Gasteiger partial charge in [-0.15, -0.1) is 0 Å². The van der Waals surface area contributed by atoms with Crippen LogP contribution >= 0.6 is 11.6 Å². The van der Waals surface area contributed by atoms with Gasteiger partial charge in [-0.3, -0.25) is 0 Å². The van der Waals surface area contributed by atoms with Crippen molar-refractivity contribution in [3.05, 3.63) is 100 Å². The Morgan fingerprint density at radius 2 is 1.75 bits per heavy atom. The third-order valence-corrected chi connectivity index (χ3v) is 6.91. The normalized spacial score (nSPS) is 22.9. The summed E-state index contributed by atoms with van der Waals surface area (Å²) in [6.45, 7) is 0. The van der Waals surface area contributed by atoms with Gasteiger partial charge in [-0.05, 0) is 87.0 Å². The standard InChI is InChI=1S/C27H21Cl/c28-23-11-8-19-10-12-24-25(27(19)16-23)13-9-18-5-7-22(15-26(18)24)21-6-4-17-2-1-3-20(17)14-21/h1,3-5,7-14,16,21-22H,2,6,15H2. The Labute approximate surface area is 170 Å². The van der Waals surface area contributed by atoms with Gasteiger partial charge < -0.3 is 0 Å². The molecule has 0 bridgehead atoms. The van der Waals surface area contributed by atoms with Crippen LogP contribution in [0.25, 0.3) is 27.6 Å². The van der Waals surface area contributed by atoms with Crippen LogP contribution in [0.4, 0.5) is 0 Å². The van der Waals surface area contributed by atoms with Crippen molar-refractivity contribution >= 4 is 39.2 Å². The van der Waals surface area contributed by atoms with E-state index in [0.717, 1.165) is 24.3 Å². The number of halogens is 1. The molecule has 0 fully saturated rings. The van der Waals surface area contributed by atoms with Gasteiger partial charge in [-0.25, -0.2) is 0 Å². The van der Waals surface area contributed by atoms with Crippen molar-refractivity contribution in [3.8, 4) is 0 Å². The minimum atomic E-state index is 0.562. The second kappa shape index (κ2) is 6.22. The number of fused-ring (bicyclic) bond motifs is 6. The van der Waals surface area contributed by atoms with Gasteiger partial charge in [0.05, 0.1) is 0 Å². The van der Waals surface area contributed by atoms with E-state index in [4.69, 9.17) is 11.6 Å². The van der Waals surface area contributed by atoms with Gasteiger partial charge in [0, 0.05) is 5.02 Å². The highest BCUT2D eigenvalue weighted by atomic mass is 35.5. The van der Waals surface area contributed by atoms with Crippen LogP contribution in [0.3, 0.4) is 0 Å². The predicted octanol–water partition coefficient (Wildman–Crippen LogP) is 7.66. The molecular formula is C27H21Cl. The van der Waals surface area contributed by atoms with Crippen molar-refractivity contribution in [2.24, 2.45) is 11.8 Å². The topological polar surface area (TPSA) is 0 Å².